The van der Waals surface area contributed by atoms with Gasteiger partial charge in [0.1, 0.15) is 11.5 Å². The second-order valence-electron chi connectivity index (χ2n) is 8.00. The van der Waals surface area contributed by atoms with Crippen LogP contribution in [-0.2, 0) is 4.79 Å². The van der Waals surface area contributed by atoms with E-state index in [-0.39, 0.29) is 17.2 Å². The van der Waals surface area contributed by atoms with Crippen LogP contribution in [0, 0.1) is 5.92 Å². The molecule has 0 saturated heterocycles. The van der Waals surface area contributed by atoms with Crippen molar-refractivity contribution in [1.82, 2.24) is 14.9 Å². The van der Waals surface area contributed by atoms with E-state index in [4.69, 9.17) is 9.72 Å². The summed E-state index contributed by atoms with van der Waals surface area (Å²) in [7, 11) is 0. The molecule has 3 aromatic carbocycles. The molecule has 4 aromatic rings. The molecule has 1 aliphatic carbocycles. The van der Waals surface area contributed by atoms with Crippen LogP contribution >= 0.6 is 11.8 Å². The van der Waals surface area contributed by atoms with E-state index >= 15 is 0 Å². The number of nitrogens with one attached hydrogen (secondary N) is 1. The van der Waals surface area contributed by atoms with E-state index in [2.05, 4.69) is 5.32 Å². The van der Waals surface area contributed by atoms with Crippen molar-refractivity contribution >= 4 is 28.6 Å². The molecule has 0 spiro atoms. The quantitative estimate of drug-likeness (QED) is 0.304. The highest BCUT2D eigenvalue weighted by molar-refractivity contribution is 7.99. The molecule has 0 bridgehead atoms. The number of carbonyl (C=O) groups is 1. The summed E-state index contributed by atoms with van der Waals surface area (Å²) < 4.78 is 7.43. The molecule has 33 heavy (non-hydrogen) atoms. The number of amides is 1. The Morgan fingerprint density at radius 3 is 2.42 bits per heavy atom. The van der Waals surface area contributed by atoms with E-state index in [0.717, 1.165) is 12.3 Å². The SMILES string of the molecule is O=C(CSc1nc2ccccc2c(=O)n1-c1ccc(Oc2ccccc2)cc1)NCC1CC1. The van der Waals surface area contributed by atoms with Gasteiger partial charge in [-0.2, -0.15) is 0 Å². The molecule has 1 heterocycles. The van der Waals surface area contributed by atoms with Gasteiger partial charge >= 0.3 is 0 Å². The number of para-hydroxylation sites is 2. The highest BCUT2D eigenvalue weighted by Crippen LogP contribution is 2.28. The van der Waals surface area contributed by atoms with Crippen molar-refractivity contribution in [2.24, 2.45) is 5.92 Å². The molecule has 7 heteroatoms. The molecule has 0 radical (unpaired) electrons. The fraction of sp³-hybridized carbons (Fsp3) is 0.192. The number of rotatable bonds is 8. The molecular weight excluding hydrogens is 434 g/mol. The third kappa shape index (κ3) is 5.09. The van der Waals surface area contributed by atoms with Gasteiger partial charge in [-0.25, -0.2) is 4.98 Å². The maximum atomic E-state index is 13.4. The lowest BCUT2D eigenvalue weighted by atomic mass is 10.2. The average Bonchev–Trinajstić information content (AvgIpc) is 3.68. The molecule has 0 unspecified atom stereocenters. The molecule has 1 aliphatic rings. The highest BCUT2D eigenvalue weighted by Gasteiger charge is 2.22. The Hall–Kier alpha value is -3.58. The number of hydrogen-bond acceptors (Lipinski definition) is 5. The van der Waals surface area contributed by atoms with Gasteiger partial charge in [-0.1, -0.05) is 42.1 Å². The second kappa shape index (κ2) is 9.50. The number of thioether (sulfide) groups is 1. The zero-order valence-electron chi connectivity index (χ0n) is 17.9. The first-order valence-electron chi connectivity index (χ1n) is 10.9. The minimum atomic E-state index is -0.168. The number of nitrogens with zero attached hydrogens (tertiary/aromatic N) is 2. The molecule has 0 atom stereocenters. The minimum Gasteiger partial charge on any atom is -0.457 e. The van der Waals surface area contributed by atoms with Gasteiger partial charge in [0.2, 0.25) is 5.91 Å². The predicted molar refractivity (Wildman–Crippen MR) is 130 cm³/mol. The summed E-state index contributed by atoms with van der Waals surface area (Å²) in [5.74, 6) is 2.18. The molecule has 6 nitrogen and oxygen atoms in total. The van der Waals surface area contributed by atoms with Gasteiger partial charge in [0.25, 0.3) is 5.56 Å². The van der Waals surface area contributed by atoms with E-state index in [1.807, 2.05) is 72.8 Å². The molecular formula is C26H23N3O3S. The van der Waals surface area contributed by atoms with E-state index in [0.29, 0.717) is 33.4 Å². The van der Waals surface area contributed by atoms with Crippen molar-refractivity contribution in [2.45, 2.75) is 18.0 Å². The predicted octanol–water partition coefficient (Wildman–Crippen LogP) is 4.80. The molecule has 0 aliphatic heterocycles. The van der Waals surface area contributed by atoms with Gasteiger partial charge in [0.05, 0.1) is 22.3 Å². The summed E-state index contributed by atoms with van der Waals surface area (Å²) in [4.78, 5) is 30.4. The Balaban J connectivity index is 1.43. The van der Waals surface area contributed by atoms with Crippen LogP contribution in [-0.4, -0.2) is 27.8 Å². The lowest BCUT2D eigenvalue weighted by molar-refractivity contribution is -0.118. The van der Waals surface area contributed by atoms with Gasteiger partial charge < -0.3 is 10.1 Å². The Kier molecular flexibility index (Phi) is 6.13. The third-order valence-electron chi connectivity index (χ3n) is 5.44. The third-order valence-corrected chi connectivity index (χ3v) is 6.37. The summed E-state index contributed by atoms with van der Waals surface area (Å²) in [6, 6.07) is 24.1. The Morgan fingerprint density at radius 2 is 1.67 bits per heavy atom. The molecule has 166 valence electrons. The fourth-order valence-electron chi connectivity index (χ4n) is 3.49. The Bertz CT molecular complexity index is 1330. The van der Waals surface area contributed by atoms with Crippen LogP contribution in [0.3, 0.4) is 0 Å². The van der Waals surface area contributed by atoms with Crippen molar-refractivity contribution in [3.05, 3.63) is 89.2 Å². The monoisotopic (exact) mass is 457 g/mol. The lowest BCUT2D eigenvalue weighted by Gasteiger charge is -2.14. The van der Waals surface area contributed by atoms with Crippen LogP contribution in [0.4, 0.5) is 0 Å². The Labute approximate surface area is 195 Å². The minimum absolute atomic E-state index is 0.0486. The van der Waals surface area contributed by atoms with Gasteiger partial charge in [-0.05, 0) is 67.3 Å². The number of benzene rings is 3. The number of hydrogen-bond donors (Lipinski definition) is 1. The van der Waals surface area contributed by atoms with E-state index in [9.17, 15) is 9.59 Å². The largest absolute Gasteiger partial charge is 0.457 e. The van der Waals surface area contributed by atoms with Crippen molar-refractivity contribution in [2.75, 3.05) is 12.3 Å². The zero-order valence-corrected chi connectivity index (χ0v) is 18.8. The second-order valence-corrected chi connectivity index (χ2v) is 8.94. The molecule has 1 N–H and O–H groups in total. The van der Waals surface area contributed by atoms with Gasteiger partial charge in [-0.3, -0.25) is 14.2 Å². The normalized spacial score (nSPS) is 13.1. The highest BCUT2D eigenvalue weighted by atomic mass is 32.2. The maximum absolute atomic E-state index is 13.4. The van der Waals surface area contributed by atoms with Gasteiger partial charge in [-0.15, -0.1) is 0 Å². The maximum Gasteiger partial charge on any atom is 0.266 e. The van der Waals surface area contributed by atoms with Crippen molar-refractivity contribution < 1.29 is 9.53 Å². The van der Waals surface area contributed by atoms with Crippen LogP contribution in [0.2, 0.25) is 0 Å². The first kappa shape index (κ1) is 21.3. The Morgan fingerprint density at radius 1 is 0.970 bits per heavy atom. The van der Waals surface area contributed by atoms with E-state index in [1.165, 1.54) is 24.6 Å². The van der Waals surface area contributed by atoms with Crippen LogP contribution in [0.15, 0.2) is 88.8 Å². The first-order chi connectivity index (χ1) is 16.2. The summed E-state index contributed by atoms with van der Waals surface area (Å²) in [5, 5.41) is 3.98. The topological polar surface area (TPSA) is 73.2 Å². The van der Waals surface area contributed by atoms with E-state index in [1.54, 1.807) is 10.6 Å². The smallest absolute Gasteiger partial charge is 0.266 e. The number of carbonyl (C=O) groups excluding carboxylic acids is 1. The first-order valence-corrected chi connectivity index (χ1v) is 11.9. The fourth-order valence-corrected chi connectivity index (χ4v) is 4.33. The number of ether oxygens (including phenoxy) is 1. The van der Waals surface area contributed by atoms with Gasteiger partial charge in [0, 0.05) is 6.54 Å². The van der Waals surface area contributed by atoms with Crippen LogP contribution in [0.5, 0.6) is 11.5 Å². The van der Waals surface area contributed by atoms with Crippen molar-refractivity contribution in [3.63, 3.8) is 0 Å². The van der Waals surface area contributed by atoms with Crippen LogP contribution in [0.1, 0.15) is 12.8 Å². The summed E-state index contributed by atoms with van der Waals surface area (Å²) >= 11 is 1.27. The number of fused-ring (bicyclic) bond motifs is 1. The molecule has 5 rings (SSSR count). The zero-order chi connectivity index (χ0) is 22.6. The summed E-state index contributed by atoms with van der Waals surface area (Å²) in [6.45, 7) is 0.722. The van der Waals surface area contributed by atoms with E-state index < -0.39 is 0 Å². The summed E-state index contributed by atoms with van der Waals surface area (Å²) in [6.07, 6.45) is 2.37. The van der Waals surface area contributed by atoms with Gasteiger partial charge in [0.15, 0.2) is 5.16 Å². The van der Waals surface area contributed by atoms with Crippen molar-refractivity contribution in [1.29, 1.82) is 0 Å². The lowest BCUT2D eigenvalue weighted by Crippen LogP contribution is -2.28. The number of aromatic nitrogens is 2. The van der Waals surface area contributed by atoms with Crippen LogP contribution < -0.4 is 15.6 Å². The van der Waals surface area contributed by atoms with Crippen LogP contribution in [0.25, 0.3) is 16.6 Å². The molecule has 1 saturated carbocycles. The van der Waals surface area contributed by atoms with Crippen molar-refractivity contribution in [3.8, 4) is 17.2 Å². The molecule has 1 aromatic heterocycles. The molecule has 1 amide bonds. The standard InChI is InChI=1S/C26H23N3O3S/c30-24(27-16-18-10-11-18)17-33-26-28-23-9-5-4-8-22(23)25(31)29(26)19-12-14-21(15-13-19)32-20-6-2-1-3-7-20/h1-9,12-15,18H,10-11,16-17H2,(H,27,30). The average molecular weight is 458 g/mol. The molecule has 1 fully saturated rings. The summed E-state index contributed by atoms with van der Waals surface area (Å²) in [5.41, 5.74) is 1.11.